The first-order valence-corrected chi connectivity index (χ1v) is 7.11. The number of ether oxygens (including phenoxy) is 3. The molecule has 0 radical (unpaired) electrons. The molecule has 1 aliphatic carbocycles. The molecule has 3 aliphatic rings. The molecular formula is C14H18O9. The summed E-state index contributed by atoms with van der Waals surface area (Å²) < 4.78 is 15.6. The first kappa shape index (κ1) is 16.2. The molecule has 0 spiro atoms. The Morgan fingerprint density at radius 3 is 2.52 bits per heavy atom. The molecule has 2 fully saturated rings. The molecular weight excluding hydrogens is 312 g/mol. The molecule has 3 rings (SSSR count). The maximum Gasteiger partial charge on any atom is 0.335 e. The lowest BCUT2D eigenvalue weighted by Crippen LogP contribution is -2.65. The van der Waals surface area contributed by atoms with Gasteiger partial charge in [-0.3, -0.25) is 0 Å². The van der Waals surface area contributed by atoms with Gasteiger partial charge in [-0.25, -0.2) is 4.79 Å². The van der Waals surface area contributed by atoms with Gasteiger partial charge in [-0.05, 0) is 6.08 Å². The van der Waals surface area contributed by atoms with Gasteiger partial charge in [0.05, 0.1) is 19.6 Å². The Balaban J connectivity index is 2.01. The summed E-state index contributed by atoms with van der Waals surface area (Å²) in [6.07, 6.45) is -6.52. The molecule has 0 aromatic heterocycles. The normalized spacial score (nSPS) is 43.3. The van der Waals surface area contributed by atoms with Crippen molar-refractivity contribution in [3.63, 3.8) is 0 Å². The lowest BCUT2D eigenvalue weighted by Gasteiger charge is -2.49. The van der Waals surface area contributed by atoms with E-state index < -0.39 is 60.9 Å². The van der Waals surface area contributed by atoms with Crippen molar-refractivity contribution < 1.29 is 44.5 Å². The summed E-state index contributed by atoms with van der Waals surface area (Å²) in [6.45, 7) is -0.560. The van der Waals surface area contributed by atoms with Crippen molar-refractivity contribution in [2.75, 3.05) is 13.7 Å². The molecule has 9 heteroatoms. The van der Waals surface area contributed by atoms with Crippen molar-refractivity contribution in [3.05, 3.63) is 23.2 Å². The van der Waals surface area contributed by atoms with Crippen LogP contribution in [0.15, 0.2) is 23.2 Å². The second kappa shape index (κ2) is 5.77. The number of carbonyl (C=O) groups is 1. The molecule has 7 atom stereocenters. The van der Waals surface area contributed by atoms with Crippen LogP contribution in [0.25, 0.3) is 0 Å². The highest BCUT2D eigenvalue weighted by molar-refractivity contribution is 5.91. The lowest BCUT2D eigenvalue weighted by molar-refractivity contribution is -0.260. The van der Waals surface area contributed by atoms with Crippen molar-refractivity contribution in [1.29, 1.82) is 0 Å². The Bertz CT molecular complexity index is 569. The van der Waals surface area contributed by atoms with E-state index in [9.17, 15) is 30.3 Å². The fourth-order valence-electron chi connectivity index (χ4n) is 3.31. The van der Waals surface area contributed by atoms with E-state index >= 15 is 0 Å². The first-order valence-electron chi connectivity index (χ1n) is 7.11. The maximum atomic E-state index is 12.1. The van der Waals surface area contributed by atoms with Crippen molar-refractivity contribution in [2.45, 2.75) is 36.6 Å². The largest absolute Gasteiger partial charge is 0.504 e. The molecule has 0 bridgehead atoms. The van der Waals surface area contributed by atoms with Gasteiger partial charge in [0.25, 0.3) is 0 Å². The summed E-state index contributed by atoms with van der Waals surface area (Å²) in [7, 11) is 1.25. The van der Waals surface area contributed by atoms with Crippen molar-refractivity contribution in [1.82, 2.24) is 0 Å². The smallest absolute Gasteiger partial charge is 0.335 e. The highest BCUT2D eigenvalue weighted by Gasteiger charge is 2.57. The molecule has 2 aliphatic heterocycles. The number of allylic oxidation sites excluding steroid dienone is 1. The van der Waals surface area contributed by atoms with Gasteiger partial charge in [-0.2, -0.15) is 0 Å². The summed E-state index contributed by atoms with van der Waals surface area (Å²) in [4.78, 5) is 12.1. The predicted octanol–water partition coefficient (Wildman–Crippen LogP) is -2.27. The van der Waals surface area contributed by atoms with Crippen LogP contribution in [0.5, 0.6) is 0 Å². The second-order valence-electron chi connectivity index (χ2n) is 5.70. The average molecular weight is 330 g/mol. The molecule has 0 aromatic carbocycles. The number of hydrogen-bond donors (Lipinski definition) is 5. The maximum absolute atomic E-state index is 12.1. The lowest BCUT2D eigenvalue weighted by atomic mass is 9.76. The molecule has 7 unspecified atom stereocenters. The van der Waals surface area contributed by atoms with E-state index in [-0.39, 0.29) is 11.3 Å². The van der Waals surface area contributed by atoms with E-state index in [1.807, 2.05) is 0 Å². The van der Waals surface area contributed by atoms with Crippen LogP contribution in [0.2, 0.25) is 0 Å². The minimum absolute atomic E-state index is 0.0303. The van der Waals surface area contributed by atoms with Crippen molar-refractivity contribution >= 4 is 5.97 Å². The summed E-state index contributed by atoms with van der Waals surface area (Å²) in [5.74, 6) is -2.36. The molecule has 2 heterocycles. The number of methoxy groups -OCH3 is 1. The van der Waals surface area contributed by atoms with E-state index in [0.29, 0.717) is 0 Å². The van der Waals surface area contributed by atoms with Crippen LogP contribution in [0.1, 0.15) is 0 Å². The number of rotatable bonds is 2. The van der Waals surface area contributed by atoms with Crippen molar-refractivity contribution in [3.8, 4) is 0 Å². The minimum atomic E-state index is -1.48. The fourth-order valence-corrected chi connectivity index (χ4v) is 3.31. The van der Waals surface area contributed by atoms with Crippen LogP contribution >= 0.6 is 0 Å². The van der Waals surface area contributed by atoms with Gasteiger partial charge in [-0.1, -0.05) is 0 Å². The molecule has 5 N–H and O–H groups in total. The Morgan fingerprint density at radius 1 is 1.22 bits per heavy atom. The minimum Gasteiger partial charge on any atom is -0.504 e. The second-order valence-corrected chi connectivity index (χ2v) is 5.70. The average Bonchev–Trinajstić information content (AvgIpc) is 2.52. The zero-order valence-electron chi connectivity index (χ0n) is 12.2. The Hall–Kier alpha value is -1.65. The van der Waals surface area contributed by atoms with E-state index in [1.54, 1.807) is 0 Å². The van der Waals surface area contributed by atoms with Gasteiger partial charge in [0.2, 0.25) is 0 Å². The Labute approximate surface area is 131 Å². The van der Waals surface area contributed by atoms with Gasteiger partial charge in [0.15, 0.2) is 17.6 Å². The highest BCUT2D eigenvalue weighted by Crippen LogP contribution is 2.42. The van der Waals surface area contributed by atoms with Crippen molar-refractivity contribution in [2.24, 2.45) is 5.92 Å². The van der Waals surface area contributed by atoms with E-state index in [4.69, 9.17) is 14.2 Å². The molecule has 0 aromatic rings. The third-order valence-electron chi connectivity index (χ3n) is 4.47. The van der Waals surface area contributed by atoms with Crippen LogP contribution in [0.4, 0.5) is 0 Å². The monoisotopic (exact) mass is 330 g/mol. The summed E-state index contributed by atoms with van der Waals surface area (Å²) >= 11 is 0. The highest BCUT2D eigenvalue weighted by atomic mass is 16.6. The zero-order valence-corrected chi connectivity index (χ0v) is 12.2. The Kier molecular flexibility index (Phi) is 4.07. The summed E-state index contributed by atoms with van der Waals surface area (Å²) in [5.41, 5.74) is -0.0303. The summed E-state index contributed by atoms with van der Waals surface area (Å²) in [5, 5.41) is 49.5. The molecule has 0 amide bonds. The van der Waals surface area contributed by atoms with E-state index in [0.717, 1.165) is 6.08 Å². The number of carbonyl (C=O) groups excluding carboxylic acids is 1. The number of hydrogen-bond acceptors (Lipinski definition) is 9. The first-order chi connectivity index (χ1) is 10.9. The van der Waals surface area contributed by atoms with Gasteiger partial charge in [-0.15, -0.1) is 0 Å². The third kappa shape index (κ3) is 2.32. The Morgan fingerprint density at radius 2 is 1.91 bits per heavy atom. The number of esters is 1. The van der Waals surface area contributed by atoms with Crippen LogP contribution in [-0.4, -0.2) is 81.8 Å². The molecule has 23 heavy (non-hydrogen) atoms. The van der Waals surface area contributed by atoms with Gasteiger partial charge < -0.3 is 39.7 Å². The molecule has 0 saturated carbocycles. The van der Waals surface area contributed by atoms with Gasteiger partial charge in [0, 0.05) is 5.57 Å². The van der Waals surface area contributed by atoms with Gasteiger partial charge >= 0.3 is 5.97 Å². The van der Waals surface area contributed by atoms with Crippen LogP contribution in [0, 0.1) is 5.92 Å². The number of fused-ring (bicyclic) bond motifs is 3. The third-order valence-corrected chi connectivity index (χ3v) is 4.47. The van der Waals surface area contributed by atoms with Crippen LogP contribution < -0.4 is 0 Å². The zero-order chi connectivity index (χ0) is 16.9. The SMILES string of the molecule is COC1=C(O)C=C2C(=O)OC3C(O)C(O)C(CO)OC3C2C1O. The number of aliphatic hydroxyl groups excluding tert-OH is 5. The van der Waals surface area contributed by atoms with E-state index in [1.165, 1.54) is 7.11 Å². The molecule has 128 valence electrons. The number of aliphatic hydroxyl groups is 5. The topological polar surface area (TPSA) is 146 Å². The van der Waals surface area contributed by atoms with Crippen LogP contribution in [0.3, 0.4) is 0 Å². The predicted molar refractivity (Wildman–Crippen MR) is 71.9 cm³/mol. The quantitative estimate of drug-likeness (QED) is 0.354. The molecule has 9 nitrogen and oxygen atoms in total. The fraction of sp³-hybridized carbons (Fsp3) is 0.643. The van der Waals surface area contributed by atoms with Gasteiger partial charge in [0.1, 0.15) is 30.5 Å². The van der Waals surface area contributed by atoms with E-state index in [2.05, 4.69) is 0 Å². The molecule has 2 saturated heterocycles. The standard InChI is InChI=1S/C14H18O9/c1-21-11-5(16)2-4-7(9(11)18)12-13(23-14(4)20)10(19)8(17)6(3-15)22-12/h2,6-10,12-13,15-19H,3H2,1H3. The summed E-state index contributed by atoms with van der Waals surface area (Å²) in [6, 6.07) is 0. The van der Waals surface area contributed by atoms with Crippen LogP contribution in [-0.2, 0) is 19.0 Å².